The molecule has 0 radical (unpaired) electrons. The number of nitrogens with one attached hydrogen (secondary N) is 1. The summed E-state index contributed by atoms with van der Waals surface area (Å²) in [7, 11) is 0. The van der Waals surface area contributed by atoms with Crippen LogP contribution in [0.1, 0.15) is 10.4 Å². The smallest absolute Gasteiger partial charge is 0.317 e. The highest BCUT2D eigenvalue weighted by Crippen LogP contribution is 2.17. The molecule has 2 heterocycles. The number of piperazine rings is 1. The third-order valence-electron chi connectivity index (χ3n) is 3.65. The summed E-state index contributed by atoms with van der Waals surface area (Å²) < 4.78 is 0. The van der Waals surface area contributed by atoms with Crippen LogP contribution in [-0.4, -0.2) is 54.0 Å². The average molecular weight is 260 g/mol. The molecule has 2 aliphatic heterocycles. The number of hydrogen-bond acceptors (Lipinski definition) is 3. The van der Waals surface area contributed by atoms with Crippen LogP contribution in [0, 0.1) is 0 Å². The number of fused-ring (bicyclic) bond motifs is 1. The highest BCUT2D eigenvalue weighted by molar-refractivity contribution is 5.95. The minimum atomic E-state index is -0.0268. The number of carbonyl (C=O) groups excluding carboxylic acids is 2. The monoisotopic (exact) mass is 260 g/mol. The number of carbonyl (C=O) groups is 2. The Morgan fingerprint density at radius 2 is 2.21 bits per heavy atom. The molecule has 6 nitrogen and oxygen atoms in total. The van der Waals surface area contributed by atoms with Gasteiger partial charge in [0.05, 0.1) is 6.04 Å². The minimum Gasteiger partial charge on any atom is -0.399 e. The van der Waals surface area contributed by atoms with Gasteiger partial charge in [0.2, 0.25) is 0 Å². The number of urea groups is 1. The van der Waals surface area contributed by atoms with Crippen LogP contribution in [0.4, 0.5) is 10.5 Å². The van der Waals surface area contributed by atoms with E-state index >= 15 is 0 Å². The molecule has 19 heavy (non-hydrogen) atoms. The van der Waals surface area contributed by atoms with E-state index in [4.69, 9.17) is 5.73 Å². The van der Waals surface area contributed by atoms with Crippen molar-refractivity contribution in [1.82, 2.24) is 15.1 Å². The first kappa shape index (κ1) is 11.8. The summed E-state index contributed by atoms with van der Waals surface area (Å²) in [5.74, 6) is -0.0219. The van der Waals surface area contributed by atoms with Crippen LogP contribution in [0.3, 0.4) is 0 Å². The van der Waals surface area contributed by atoms with Crippen molar-refractivity contribution >= 4 is 17.6 Å². The molecule has 0 bridgehead atoms. The van der Waals surface area contributed by atoms with E-state index in [1.54, 1.807) is 34.1 Å². The van der Waals surface area contributed by atoms with Crippen LogP contribution >= 0.6 is 0 Å². The first-order valence-electron chi connectivity index (χ1n) is 6.34. The van der Waals surface area contributed by atoms with Gasteiger partial charge in [0.25, 0.3) is 5.91 Å². The van der Waals surface area contributed by atoms with Crippen LogP contribution in [0.15, 0.2) is 24.3 Å². The van der Waals surface area contributed by atoms with Crippen molar-refractivity contribution < 1.29 is 9.59 Å². The van der Waals surface area contributed by atoms with Gasteiger partial charge in [0.1, 0.15) is 0 Å². The molecule has 1 aromatic rings. The number of hydrogen-bond donors (Lipinski definition) is 2. The van der Waals surface area contributed by atoms with Gasteiger partial charge in [-0.25, -0.2) is 4.79 Å². The number of anilines is 1. The van der Waals surface area contributed by atoms with E-state index in [0.717, 1.165) is 0 Å². The van der Waals surface area contributed by atoms with E-state index in [2.05, 4.69) is 5.32 Å². The Hall–Kier alpha value is -2.24. The normalized spacial score (nSPS) is 22.1. The first-order chi connectivity index (χ1) is 9.15. The number of rotatable bonds is 1. The lowest BCUT2D eigenvalue weighted by Gasteiger charge is -2.36. The summed E-state index contributed by atoms with van der Waals surface area (Å²) >= 11 is 0. The molecule has 100 valence electrons. The molecule has 0 spiro atoms. The van der Waals surface area contributed by atoms with Crippen LogP contribution < -0.4 is 11.1 Å². The van der Waals surface area contributed by atoms with Crippen molar-refractivity contribution in [3.63, 3.8) is 0 Å². The lowest BCUT2D eigenvalue weighted by atomic mass is 10.1. The van der Waals surface area contributed by atoms with Crippen LogP contribution in [-0.2, 0) is 0 Å². The fraction of sp³-hybridized carbons (Fsp3) is 0.385. The molecule has 3 amide bonds. The maximum atomic E-state index is 12.4. The summed E-state index contributed by atoms with van der Waals surface area (Å²) in [5.41, 5.74) is 6.88. The summed E-state index contributed by atoms with van der Waals surface area (Å²) in [6.07, 6.45) is 0. The van der Waals surface area contributed by atoms with Crippen molar-refractivity contribution in [2.24, 2.45) is 0 Å². The summed E-state index contributed by atoms with van der Waals surface area (Å²) in [6, 6.07) is 7.05. The largest absolute Gasteiger partial charge is 0.399 e. The molecule has 0 aliphatic carbocycles. The number of benzene rings is 1. The highest BCUT2D eigenvalue weighted by Gasteiger charge is 2.36. The van der Waals surface area contributed by atoms with Gasteiger partial charge < -0.3 is 20.9 Å². The lowest BCUT2D eigenvalue weighted by molar-refractivity contribution is 0.0617. The van der Waals surface area contributed by atoms with Gasteiger partial charge >= 0.3 is 6.03 Å². The molecule has 2 saturated heterocycles. The van der Waals surface area contributed by atoms with Gasteiger partial charge in [-0.1, -0.05) is 6.07 Å². The molecule has 2 aliphatic rings. The number of amides is 3. The maximum Gasteiger partial charge on any atom is 0.317 e. The van der Waals surface area contributed by atoms with E-state index < -0.39 is 0 Å². The molecule has 6 heteroatoms. The summed E-state index contributed by atoms with van der Waals surface area (Å²) in [4.78, 5) is 27.4. The van der Waals surface area contributed by atoms with Gasteiger partial charge in [-0.3, -0.25) is 4.79 Å². The Kier molecular flexibility index (Phi) is 2.77. The lowest BCUT2D eigenvalue weighted by Crippen LogP contribution is -2.53. The first-order valence-corrected chi connectivity index (χ1v) is 6.34. The number of nitrogens with zero attached hydrogens (tertiary/aromatic N) is 2. The topological polar surface area (TPSA) is 78.7 Å². The second-order valence-electron chi connectivity index (χ2n) is 4.91. The van der Waals surface area contributed by atoms with E-state index in [0.29, 0.717) is 37.4 Å². The quantitative estimate of drug-likeness (QED) is 0.704. The molecule has 0 aromatic heterocycles. The fourth-order valence-electron chi connectivity index (χ4n) is 2.64. The second-order valence-corrected chi connectivity index (χ2v) is 4.91. The average Bonchev–Trinajstić information content (AvgIpc) is 2.79. The molecule has 1 atom stereocenters. The Labute approximate surface area is 111 Å². The molecule has 3 N–H and O–H groups in total. The molecule has 2 fully saturated rings. The molecule has 1 unspecified atom stereocenters. The third-order valence-corrected chi connectivity index (χ3v) is 3.65. The summed E-state index contributed by atoms with van der Waals surface area (Å²) in [5, 5.41) is 2.80. The number of nitrogen functional groups attached to an aromatic ring is 1. The molecule has 3 rings (SSSR count). The SMILES string of the molecule is Nc1cccc(C(=O)N2CCN3C(=O)NCC3C2)c1. The fourth-order valence-corrected chi connectivity index (χ4v) is 2.64. The standard InChI is InChI=1S/C13H16N4O2/c14-10-3-1-2-9(6-10)12(18)16-4-5-17-11(8-16)7-15-13(17)19/h1-3,6,11H,4-5,7-8,14H2,(H,15,19). The zero-order valence-corrected chi connectivity index (χ0v) is 10.5. The number of nitrogens with two attached hydrogens (primary N) is 1. The van der Waals surface area contributed by atoms with Crippen LogP contribution in [0.25, 0.3) is 0 Å². The van der Waals surface area contributed by atoms with Crippen molar-refractivity contribution in [2.45, 2.75) is 6.04 Å². The Balaban J connectivity index is 1.74. The van der Waals surface area contributed by atoms with Gasteiger partial charge in [-0.2, -0.15) is 0 Å². The summed E-state index contributed by atoms with van der Waals surface area (Å²) in [6.45, 7) is 2.34. The van der Waals surface area contributed by atoms with Gasteiger partial charge in [-0.15, -0.1) is 0 Å². The Bertz CT molecular complexity index is 531. The van der Waals surface area contributed by atoms with Crippen molar-refractivity contribution in [2.75, 3.05) is 31.9 Å². The maximum absolute atomic E-state index is 12.4. The van der Waals surface area contributed by atoms with Gasteiger partial charge in [0, 0.05) is 37.4 Å². The molecule has 1 aromatic carbocycles. The predicted molar refractivity (Wildman–Crippen MR) is 70.7 cm³/mol. The minimum absolute atomic E-state index is 0.0219. The zero-order chi connectivity index (χ0) is 13.4. The molecular formula is C13H16N4O2. The molecular weight excluding hydrogens is 244 g/mol. The van der Waals surface area contributed by atoms with Crippen molar-refractivity contribution in [3.8, 4) is 0 Å². The molecule has 0 saturated carbocycles. The van der Waals surface area contributed by atoms with E-state index in [-0.39, 0.29) is 18.0 Å². The van der Waals surface area contributed by atoms with Crippen molar-refractivity contribution in [1.29, 1.82) is 0 Å². The zero-order valence-electron chi connectivity index (χ0n) is 10.5. The van der Waals surface area contributed by atoms with E-state index in [9.17, 15) is 9.59 Å². The van der Waals surface area contributed by atoms with Gasteiger partial charge in [-0.05, 0) is 18.2 Å². The van der Waals surface area contributed by atoms with E-state index in [1.807, 2.05) is 0 Å². The predicted octanol–water partition coefficient (Wildman–Crippen LogP) is 0.118. The van der Waals surface area contributed by atoms with Crippen LogP contribution in [0.5, 0.6) is 0 Å². The Morgan fingerprint density at radius 3 is 3.00 bits per heavy atom. The highest BCUT2D eigenvalue weighted by atomic mass is 16.2. The van der Waals surface area contributed by atoms with Crippen molar-refractivity contribution in [3.05, 3.63) is 29.8 Å². The second kappa shape index (κ2) is 4.46. The van der Waals surface area contributed by atoms with E-state index in [1.165, 1.54) is 0 Å². The van der Waals surface area contributed by atoms with Gasteiger partial charge in [0.15, 0.2) is 0 Å². The third kappa shape index (κ3) is 2.09. The van der Waals surface area contributed by atoms with Crippen LogP contribution in [0.2, 0.25) is 0 Å². The Morgan fingerprint density at radius 1 is 1.37 bits per heavy atom.